The van der Waals surface area contributed by atoms with Crippen molar-refractivity contribution in [3.63, 3.8) is 0 Å². The first-order valence-electron chi connectivity index (χ1n) is 8.49. The summed E-state index contributed by atoms with van der Waals surface area (Å²) in [6.45, 7) is 3.27. The van der Waals surface area contributed by atoms with Crippen LogP contribution in [0.25, 0.3) is 0 Å². The van der Waals surface area contributed by atoms with Gasteiger partial charge in [0.05, 0.1) is 5.56 Å². The van der Waals surface area contributed by atoms with Gasteiger partial charge in [-0.1, -0.05) is 5.16 Å². The van der Waals surface area contributed by atoms with Crippen LogP contribution >= 0.6 is 0 Å². The molecule has 1 N–H and O–H groups in total. The molecule has 28 heavy (non-hydrogen) atoms. The first-order valence-corrected chi connectivity index (χ1v) is 9.98. The van der Waals surface area contributed by atoms with E-state index in [1.807, 2.05) is 0 Å². The average Bonchev–Trinajstić information content (AvgIpc) is 2.99. The highest BCUT2D eigenvalue weighted by atomic mass is 32.2. The lowest BCUT2D eigenvalue weighted by molar-refractivity contribution is 0.0705. The second-order valence-electron chi connectivity index (χ2n) is 6.56. The number of hydrogen-bond donors (Lipinski definition) is 1. The highest BCUT2D eigenvalue weighted by molar-refractivity contribution is 7.89. The standard InChI is InChI=1S/C17H18F3N3O4S/c1-9-16(10(2)27-21-9)28(25,26)22-11-5-7-23(8-6-11)17(24)12-3-4-13(18)15(20)14(12)19/h3-4,11,22H,5-8H2,1-2H3. The summed E-state index contributed by atoms with van der Waals surface area (Å²) in [6, 6.07) is 1.14. The van der Waals surface area contributed by atoms with Gasteiger partial charge in [0, 0.05) is 19.1 Å². The van der Waals surface area contributed by atoms with Gasteiger partial charge in [0.25, 0.3) is 5.91 Å². The van der Waals surface area contributed by atoms with Crippen molar-refractivity contribution >= 4 is 15.9 Å². The summed E-state index contributed by atoms with van der Waals surface area (Å²) in [4.78, 5) is 13.6. The summed E-state index contributed by atoms with van der Waals surface area (Å²) in [5.74, 6) is -5.21. The fraction of sp³-hybridized carbons (Fsp3) is 0.412. The molecule has 0 saturated carbocycles. The normalized spacial score (nSPS) is 15.8. The number of benzene rings is 1. The molecule has 3 rings (SSSR count). The molecule has 1 aromatic heterocycles. The van der Waals surface area contributed by atoms with E-state index < -0.39 is 45.0 Å². The van der Waals surface area contributed by atoms with E-state index in [2.05, 4.69) is 9.88 Å². The molecule has 7 nitrogen and oxygen atoms in total. The third kappa shape index (κ3) is 3.76. The second kappa shape index (κ2) is 7.55. The van der Waals surface area contributed by atoms with E-state index in [1.165, 1.54) is 18.7 Å². The monoisotopic (exact) mass is 417 g/mol. The zero-order chi connectivity index (χ0) is 20.6. The maximum Gasteiger partial charge on any atom is 0.256 e. The molecule has 1 aliphatic rings. The first-order chi connectivity index (χ1) is 13.1. The van der Waals surface area contributed by atoms with Gasteiger partial charge in [-0.3, -0.25) is 4.79 Å². The molecule has 1 amide bonds. The number of nitrogens with zero attached hydrogens (tertiary/aromatic N) is 2. The quantitative estimate of drug-likeness (QED) is 0.771. The Morgan fingerprint density at radius 2 is 1.82 bits per heavy atom. The van der Waals surface area contributed by atoms with Gasteiger partial charge in [-0.25, -0.2) is 26.3 Å². The van der Waals surface area contributed by atoms with Crippen LogP contribution < -0.4 is 4.72 Å². The van der Waals surface area contributed by atoms with E-state index in [4.69, 9.17) is 4.52 Å². The van der Waals surface area contributed by atoms with Gasteiger partial charge in [0.2, 0.25) is 10.0 Å². The van der Waals surface area contributed by atoms with Gasteiger partial charge >= 0.3 is 0 Å². The minimum absolute atomic E-state index is 0.0186. The number of halogens is 3. The summed E-state index contributed by atoms with van der Waals surface area (Å²) >= 11 is 0. The number of piperidine rings is 1. The molecule has 1 aromatic carbocycles. The molecule has 152 valence electrons. The van der Waals surface area contributed by atoms with E-state index in [1.54, 1.807) is 0 Å². The second-order valence-corrected chi connectivity index (χ2v) is 8.21. The lowest BCUT2D eigenvalue weighted by Gasteiger charge is -2.32. The van der Waals surface area contributed by atoms with Gasteiger partial charge in [0.1, 0.15) is 10.6 Å². The Morgan fingerprint density at radius 1 is 1.18 bits per heavy atom. The fourth-order valence-corrected chi connectivity index (χ4v) is 4.83. The lowest BCUT2D eigenvalue weighted by atomic mass is 10.0. The smallest absolute Gasteiger partial charge is 0.256 e. The molecular formula is C17H18F3N3O4S. The van der Waals surface area contributed by atoms with Crippen molar-refractivity contribution in [2.75, 3.05) is 13.1 Å². The first kappa shape index (κ1) is 20.3. The van der Waals surface area contributed by atoms with E-state index in [-0.39, 0.29) is 42.3 Å². The maximum atomic E-state index is 13.8. The molecule has 0 atom stereocenters. The van der Waals surface area contributed by atoms with Crippen LogP contribution in [0, 0.1) is 31.3 Å². The molecular weight excluding hydrogens is 399 g/mol. The third-order valence-corrected chi connectivity index (χ3v) is 6.37. The van der Waals surface area contributed by atoms with Crippen molar-refractivity contribution in [3.05, 3.63) is 46.6 Å². The number of hydrogen-bond acceptors (Lipinski definition) is 5. The molecule has 2 aromatic rings. The molecule has 0 bridgehead atoms. The predicted octanol–water partition coefficient (Wildman–Crippen LogP) is 2.29. The molecule has 1 aliphatic heterocycles. The number of aryl methyl sites for hydroxylation is 2. The van der Waals surface area contributed by atoms with Gasteiger partial charge in [-0.15, -0.1) is 0 Å². The van der Waals surface area contributed by atoms with Crippen molar-refractivity contribution in [1.29, 1.82) is 0 Å². The fourth-order valence-electron chi connectivity index (χ4n) is 3.20. The highest BCUT2D eigenvalue weighted by Crippen LogP contribution is 2.22. The predicted molar refractivity (Wildman–Crippen MR) is 91.5 cm³/mol. The minimum atomic E-state index is -3.85. The Bertz CT molecular complexity index is 995. The summed E-state index contributed by atoms with van der Waals surface area (Å²) in [5.41, 5.74) is -0.319. The SMILES string of the molecule is Cc1noc(C)c1S(=O)(=O)NC1CCN(C(=O)c2ccc(F)c(F)c2F)CC1. The molecule has 0 spiro atoms. The van der Waals surface area contributed by atoms with E-state index in [0.29, 0.717) is 6.07 Å². The Kier molecular flexibility index (Phi) is 5.48. The Labute approximate surface area is 159 Å². The maximum absolute atomic E-state index is 13.8. The van der Waals surface area contributed by atoms with Crippen LogP contribution in [-0.4, -0.2) is 43.5 Å². The van der Waals surface area contributed by atoms with Crippen LogP contribution in [0.3, 0.4) is 0 Å². The Balaban J connectivity index is 1.66. The van der Waals surface area contributed by atoms with Crippen LogP contribution in [0.4, 0.5) is 13.2 Å². The van der Waals surface area contributed by atoms with Crippen LogP contribution in [0.2, 0.25) is 0 Å². The zero-order valence-corrected chi connectivity index (χ0v) is 15.9. The van der Waals surface area contributed by atoms with Crippen LogP contribution in [0.5, 0.6) is 0 Å². The van der Waals surface area contributed by atoms with Crippen molar-refractivity contribution in [2.45, 2.75) is 37.6 Å². The highest BCUT2D eigenvalue weighted by Gasteiger charge is 2.31. The van der Waals surface area contributed by atoms with Crippen molar-refractivity contribution < 1.29 is 30.9 Å². The number of rotatable bonds is 4. The van der Waals surface area contributed by atoms with Crippen molar-refractivity contribution in [3.8, 4) is 0 Å². The van der Waals surface area contributed by atoms with Crippen LogP contribution in [0.1, 0.15) is 34.7 Å². The van der Waals surface area contributed by atoms with Crippen LogP contribution in [-0.2, 0) is 10.0 Å². The molecule has 0 unspecified atom stereocenters. The van der Waals surface area contributed by atoms with Gasteiger partial charge in [-0.2, -0.15) is 0 Å². The number of carbonyl (C=O) groups excluding carboxylic acids is 1. The Hall–Kier alpha value is -2.40. The molecule has 1 saturated heterocycles. The van der Waals surface area contributed by atoms with Gasteiger partial charge in [0.15, 0.2) is 23.2 Å². The molecule has 0 radical (unpaired) electrons. The number of aromatic nitrogens is 1. The topological polar surface area (TPSA) is 92.5 Å². The van der Waals surface area contributed by atoms with E-state index in [9.17, 15) is 26.4 Å². The summed E-state index contributed by atoms with van der Waals surface area (Å²) in [6.07, 6.45) is 0.555. The Morgan fingerprint density at radius 3 is 2.39 bits per heavy atom. The van der Waals surface area contributed by atoms with Crippen molar-refractivity contribution in [1.82, 2.24) is 14.8 Å². The summed E-state index contributed by atoms with van der Waals surface area (Å²) < 4.78 is 72.7. The number of amides is 1. The van der Waals surface area contributed by atoms with E-state index >= 15 is 0 Å². The average molecular weight is 417 g/mol. The van der Waals surface area contributed by atoms with Crippen molar-refractivity contribution in [2.24, 2.45) is 0 Å². The van der Waals surface area contributed by atoms with Crippen LogP contribution in [0.15, 0.2) is 21.6 Å². The van der Waals surface area contributed by atoms with E-state index in [0.717, 1.165) is 6.07 Å². The summed E-state index contributed by atoms with van der Waals surface area (Å²) in [5, 5.41) is 3.63. The lowest BCUT2D eigenvalue weighted by Crippen LogP contribution is -2.46. The zero-order valence-electron chi connectivity index (χ0n) is 15.1. The number of likely N-dealkylation sites (tertiary alicyclic amines) is 1. The minimum Gasteiger partial charge on any atom is -0.360 e. The molecule has 11 heteroatoms. The molecule has 0 aliphatic carbocycles. The third-order valence-electron chi connectivity index (χ3n) is 4.61. The molecule has 2 heterocycles. The summed E-state index contributed by atoms with van der Waals surface area (Å²) in [7, 11) is -3.85. The number of carbonyl (C=O) groups is 1. The number of nitrogens with one attached hydrogen (secondary N) is 1. The largest absolute Gasteiger partial charge is 0.360 e. The van der Waals surface area contributed by atoms with Gasteiger partial charge in [-0.05, 0) is 38.8 Å². The number of sulfonamides is 1. The van der Waals surface area contributed by atoms with Gasteiger partial charge < -0.3 is 9.42 Å². The molecule has 1 fully saturated rings.